The van der Waals surface area contributed by atoms with Crippen molar-refractivity contribution in [2.24, 2.45) is 28.3 Å². The Labute approximate surface area is 172 Å². The lowest BCUT2D eigenvalue weighted by atomic mass is 9.82. The second-order valence-electron chi connectivity index (χ2n) is 7.84. The lowest BCUT2D eigenvalue weighted by molar-refractivity contribution is 0.273. The minimum Gasteiger partial charge on any atom is -0.370 e. The molecule has 0 aliphatic heterocycles. The van der Waals surface area contributed by atoms with Gasteiger partial charge in [-0.2, -0.15) is 0 Å². The van der Waals surface area contributed by atoms with Gasteiger partial charge in [0.25, 0.3) is 0 Å². The average Bonchev–Trinajstić information content (AvgIpc) is 2.69. The molecule has 1 aliphatic rings. The van der Waals surface area contributed by atoms with Gasteiger partial charge >= 0.3 is 0 Å². The van der Waals surface area contributed by atoms with E-state index in [-0.39, 0.29) is 5.96 Å². The fraction of sp³-hybridized carbons (Fsp3) is 0.625. The van der Waals surface area contributed by atoms with Gasteiger partial charge < -0.3 is 16.8 Å². The number of nitrogens with one attached hydrogen (secondary N) is 1. The highest BCUT2D eigenvalue weighted by Crippen LogP contribution is 2.28. The molecule has 0 amide bonds. The number of nitrogens with two attached hydrogens (primary N) is 2. The van der Waals surface area contributed by atoms with Crippen molar-refractivity contribution in [3.05, 3.63) is 47.1 Å². The van der Waals surface area contributed by atoms with E-state index >= 15 is 0 Å². The monoisotopic (exact) mass is 386 g/mol. The second-order valence-corrected chi connectivity index (χ2v) is 7.84. The van der Waals surface area contributed by atoms with Gasteiger partial charge in [0.1, 0.15) is 0 Å². The molecule has 0 bridgehead atoms. The van der Waals surface area contributed by atoms with E-state index in [1.54, 1.807) is 0 Å². The molecule has 4 nitrogen and oxygen atoms in total. The number of aliphatic imine (C=N–C) groups is 1. The summed E-state index contributed by atoms with van der Waals surface area (Å²) in [5.41, 5.74) is 15.2. The summed E-state index contributed by atoms with van der Waals surface area (Å²) < 4.78 is 0. The summed E-state index contributed by atoms with van der Waals surface area (Å²) in [5, 5.41) is 3.70. The number of nitrogens with zero attached hydrogens (tertiary/aromatic N) is 1. The summed E-state index contributed by atoms with van der Waals surface area (Å²) >= 11 is 0. The van der Waals surface area contributed by atoms with E-state index < -0.39 is 0 Å². The Kier molecular flexibility index (Phi) is 12.3. The van der Waals surface area contributed by atoms with E-state index in [4.69, 9.17) is 11.5 Å². The maximum atomic E-state index is 5.44. The first-order valence-corrected chi connectivity index (χ1v) is 10.9. The van der Waals surface area contributed by atoms with Gasteiger partial charge in [-0.3, -0.25) is 4.99 Å². The molecule has 1 aliphatic carbocycles. The molecule has 0 aromatic rings. The van der Waals surface area contributed by atoms with Crippen molar-refractivity contribution in [3.8, 4) is 0 Å². The molecule has 1 saturated carbocycles. The van der Waals surface area contributed by atoms with Crippen molar-refractivity contribution in [1.82, 2.24) is 5.32 Å². The predicted octanol–water partition coefficient (Wildman–Crippen LogP) is 4.85. The number of allylic oxidation sites excluding steroid dienone is 7. The van der Waals surface area contributed by atoms with Crippen LogP contribution in [0.4, 0.5) is 0 Å². The molecule has 158 valence electrons. The third-order valence-corrected chi connectivity index (χ3v) is 5.63. The van der Waals surface area contributed by atoms with Crippen LogP contribution in [0.25, 0.3) is 0 Å². The minimum atomic E-state index is 0.219. The summed E-state index contributed by atoms with van der Waals surface area (Å²) in [4.78, 5) is 4.18. The normalized spacial score (nSPS) is 21.9. The van der Waals surface area contributed by atoms with Crippen LogP contribution in [0.2, 0.25) is 0 Å². The molecule has 4 heteroatoms. The van der Waals surface area contributed by atoms with Gasteiger partial charge in [0, 0.05) is 6.54 Å². The molecular weight excluding hydrogens is 344 g/mol. The Morgan fingerprint density at radius 2 is 1.75 bits per heavy atom. The number of guanidine groups is 1. The van der Waals surface area contributed by atoms with Crippen LogP contribution in [0.1, 0.15) is 66.2 Å². The van der Waals surface area contributed by atoms with E-state index in [2.05, 4.69) is 68.4 Å². The molecule has 1 rings (SSSR count). The lowest BCUT2D eigenvalue weighted by Gasteiger charge is -2.27. The third kappa shape index (κ3) is 9.41. The fourth-order valence-corrected chi connectivity index (χ4v) is 4.02. The molecule has 0 heterocycles. The summed E-state index contributed by atoms with van der Waals surface area (Å²) in [5.74, 6) is 1.66. The molecule has 5 N–H and O–H groups in total. The SMILES string of the molecule is C\C=C/C=C(C)/C(CC)=C(/C=C\C)CCNCC1CCC(CN=C(N)N)CC1. The molecular formula is C24H42N4. The van der Waals surface area contributed by atoms with Crippen LogP contribution < -0.4 is 16.8 Å². The Balaban J connectivity index is 2.47. The highest BCUT2D eigenvalue weighted by molar-refractivity contribution is 5.75. The maximum absolute atomic E-state index is 5.44. The van der Waals surface area contributed by atoms with Crippen molar-refractivity contribution in [2.45, 2.75) is 66.2 Å². The first-order valence-electron chi connectivity index (χ1n) is 10.9. The smallest absolute Gasteiger partial charge is 0.185 e. The van der Waals surface area contributed by atoms with Gasteiger partial charge in [-0.25, -0.2) is 0 Å². The third-order valence-electron chi connectivity index (χ3n) is 5.63. The van der Waals surface area contributed by atoms with Gasteiger partial charge in [-0.15, -0.1) is 0 Å². The zero-order valence-corrected chi connectivity index (χ0v) is 18.5. The first kappa shape index (κ1) is 24.2. The zero-order chi connectivity index (χ0) is 20.8. The van der Waals surface area contributed by atoms with E-state index in [1.165, 1.54) is 42.4 Å². The molecule has 1 fully saturated rings. The zero-order valence-electron chi connectivity index (χ0n) is 18.5. The van der Waals surface area contributed by atoms with Crippen LogP contribution in [0, 0.1) is 11.8 Å². The van der Waals surface area contributed by atoms with Crippen LogP contribution in [-0.4, -0.2) is 25.6 Å². The molecule has 0 atom stereocenters. The molecule has 0 aromatic carbocycles. The average molecular weight is 387 g/mol. The number of rotatable bonds is 11. The summed E-state index contributed by atoms with van der Waals surface area (Å²) in [7, 11) is 0. The largest absolute Gasteiger partial charge is 0.370 e. The van der Waals surface area contributed by atoms with Crippen LogP contribution >= 0.6 is 0 Å². The van der Waals surface area contributed by atoms with Gasteiger partial charge in [0.2, 0.25) is 0 Å². The van der Waals surface area contributed by atoms with E-state index in [9.17, 15) is 0 Å². The fourth-order valence-electron chi connectivity index (χ4n) is 4.02. The molecule has 0 spiro atoms. The van der Waals surface area contributed by atoms with Crippen LogP contribution in [0.5, 0.6) is 0 Å². The first-order chi connectivity index (χ1) is 13.5. The standard InChI is InChI=1S/C24H42N4/c1-5-8-10-19(4)23(7-3)22(9-6-2)15-16-27-17-20-11-13-21(14-12-20)18-28-24(25)26/h5-6,8-10,20-21,27H,7,11-18H2,1-4H3,(H4,25,26,28)/b8-5-,9-6-,19-10+,23-22-. The van der Waals surface area contributed by atoms with Crippen molar-refractivity contribution < 1.29 is 0 Å². The molecule has 0 saturated heterocycles. The quantitative estimate of drug-likeness (QED) is 0.206. The minimum absolute atomic E-state index is 0.219. The van der Waals surface area contributed by atoms with Crippen LogP contribution in [-0.2, 0) is 0 Å². The number of hydrogen-bond acceptors (Lipinski definition) is 2. The Morgan fingerprint density at radius 3 is 2.32 bits per heavy atom. The number of hydrogen-bond donors (Lipinski definition) is 3. The van der Waals surface area contributed by atoms with Crippen LogP contribution in [0.3, 0.4) is 0 Å². The van der Waals surface area contributed by atoms with Gasteiger partial charge in [0.15, 0.2) is 5.96 Å². The molecule has 28 heavy (non-hydrogen) atoms. The van der Waals surface area contributed by atoms with Gasteiger partial charge in [-0.1, -0.05) is 37.3 Å². The maximum Gasteiger partial charge on any atom is 0.185 e. The topological polar surface area (TPSA) is 76.4 Å². The van der Waals surface area contributed by atoms with Crippen molar-refractivity contribution in [1.29, 1.82) is 0 Å². The van der Waals surface area contributed by atoms with E-state index in [0.29, 0.717) is 5.92 Å². The Bertz CT molecular complexity index is 584. The molecule has 0 radical (unpaired) electrons. The van der Waals surface area contributed by atoms with Crippen molar-refractivity contribution in [3.63, 3.8) is 0 Å². The highest BCUT2D eigenvalue weighted by Gasteiger charge is 2.20. The van der Waals surface area contributed by atoms with E-state index in [0.717, 1.165) is 38.4 Å². The summed E-state index contributed by atoms with van der Waals surface area (Å²) in [6.45, 7) is 11.6. The highest BCUT2D eigenvalue weighted by atomic mass is 15.0. The second kappa shape index (κ2) is 14.2. The summed E-state index contributed by atoms with van der Waals surface area (Å²) in [6, 6.07) is 0. The van der Waals surface area contributed by atoms with Crippen LogP contribution in [0.15, 0.2) is 52.1 Å². The predicted molar refractivity (Wildman–Crippen MR) is 124 cm³/mol. The Hall–Kier alpha value is -1.81. The summed E-state index contributed by atoms with van der Waals surface area (Å²) in [6.07, 6.45) is 18.0. The van der Waals surface area contributed by atoms with Crippen molar-refractivity contribution in [2.75, 3.05) is 19.6 Å². The molecule has 0 unspecified atom stereocenters. The lowest BCUT2D eigenvalue weighted by Crippen LogP contribution is -2.29. The van der Waals surface area contributed by atoms with Gasteiger partial charge in [0.05, 0.1) is 0 Å². The van der Waals surface area contributed by atoms with Crippen molar-refractivity contribution >= 4 is 5.96 Å². The van der Waals surface area contributed by atoms with E-state index in [1.807, 2.05) is 0 Å². The van der Waals surface area contributed by atoms with Gasteiger partial charge in [-0.05, 0) is 101 Å². The Morgan fingerprint density at radius 1 is 1.07 bits per heavy atom. The molecule has 0 aromatic heterocycles.